The van der Waals surface area contributed by atoms with Crippen LogP contribution in [0.1, 0.15) is 35.1 Å². The molecular weight excluding hydrogens is 340 g/mol. The van der Waals surface area contributed by atoms with E-state index >= 15 is 0 Å². The zero-order valence-electron chi connectivity index (χ0n) is 16.2. The third kappa shape index (κ3) is 3.68. The number of aryl methyl sites for hydroxylation is 1. The zero-order chi connectivity index (χ0) is 18.8. The molecule has 4 rings (SSSR count). The number of H-pyrrole nitrogens is 1. The van der Waals surface area contributed by atoms with Crippen molar-refractivity contribution in [1.29, 1.82) is 0 Å². The summed E-state index contributed by atoms with van der Waals surface area (Å²) in [6.07, 6.45) is 1.01. The summed E-state index contributed by atoms with van der Waals surface area (Å²) in [6, 6.07) is 10.5. The molecule has 0 saturated carbocycles. The van der Waals surface area contributed by atoms with Gasteiger partial charge in [0, 0.05) is 49.3 Å². The lowest BCUT2D eigenvalue weighted by Gasteiger charge is -2.20. The van der Waals surface area contributed by atoms with Crippen LogP contribution < -0.4 is 4.90 Å². The number of benzene rings is 1. The molecule has 27 heavy (non-hydrogen) atoms. The summed E-state index contributed by atoms with van der Waals surface area (Å²) in [5.74, 6) is 1.97. The number of nitrogens with one attached hydrogen (secondary N) is 1. The summed E-state index contributed by atoms with van der Waals surface area (Å²) < 4.78 is 10.8. The van der Waals surface area contributed by atoms with Crippen LogP contribution in [0.15, 0.2) is 30.3 Å². The highest BCUT2D eigenvalue weighted by atomic mass is 16.5. The first-order valence-corrected chi connectivity index (χ1v) is 9.37. The van der Waals surface area contributed by atoms with Crippen molar-refractivity contribution < 1.29 is 9.47 Å². The lowest BCUT2D eigenvalue weighted by molar-refractivity contribution is 0.177. The molecule has 0 aliphatic carbocycles. The quantitative estimate of drug-likeness (QED) is 0.723. The van der Waals surface area contributed by atoms with Crippen molar-refractivity contribution in [3.05, 3.63) is 53.1 Å². The fourth-order valence-electron chi connectivity index (χ4n) is 3.68. The minimum atomic E-state index is 0.338. The van der Waals surface area contributed by atoms with Crippen molar-refractivity contribution in [2.75, 3.05) is 32.3 Å². The zero-order valence-corrected chi connectivity index (χ0v) is 16.2. The normalized spacial score (nSPS) is 16.9. The lowest BCUT2D eigenvalue weighted by Crippen LogP contribution is -2.20. The molecule has 3 aromatic rings. The highest BCUT2D eigenvalue weighted by molar-refractivity contribution is 5.84. The Morgan fingerprint density at radius 2 is 2.15 bits per heavy atom. The van der Waals surface area contributed by atoms with Gasteiger partial charge in [0.15, 0.2) is 5.82 Å². The minimum absolute atomic E-state index is 0.338. The van der Waals surface area contributed by atoms with Crippen molar-refractivity contribution in [2.24, 2.45) is 0 Å². The molecule has 1 fully saturated rings. The monoisotopic (exact) mass is 366 g/mol. The van der Waals surface area contributed by atoms with Gasteiger partial charge in [-0.1, -0.05) is 18.2 Å². The smallest absolute Gasteiger partial charge is 0.156 e. The number of ether oxygens (including phenoxy) is 2. The largest absolute Gasteiger partial charge is 0.381 e. The van der Waals surface area contributed by atoms with Crippen LogP contribution in [0.2, 0.25) is 0 Å². The van der Waals surface area contributed by atoms with Crippen molar-refractivity contribution in [2.45, 2.75) is 32.4 Å². The van der Waals surface area contributed by atoms with Gasteiger partial charge in [-0.25, -0.2) is 9.97 Å². The van der Waals surface area contributed by atoms with E-state index in [9.17, 15) is 0 Å². The van der Waals surface area contributed by atoms with Gasteiger partial charge in [0.2, 0.25) is 0 Å². The standard InChI is InChI=1S/C21H26N4O2/c1-14-16-6-4-5-7-17(16)22-19(14)11-25(2)21-10-18(15-8-9-27-12-15)23-20(24-21)13-26-3/h4-7,10,15,22H,8-9,11-13H2,1-3H3. The van der Waals surface area contributed by atoms with Crippen LogP contribution in [0, 0.1) is 6.92 Å². The fourth-order valence-corrected chi connectivity index (χ4v) is 3.68. The van der Waals surface area contributed by atoms with Gasteiger partial charge in [-0.15, -0.1) is 0 Å². The Hall–Kier alpha value is -2.44. The molecule has 1 unspecified atom stereocenters. The number of anilines is 1. The van der Waals surface area contributed by atoms with E-state index < -0.39 is 0 Å². The van der Waals surface area contributed by atoms with E-state index in [1.165, 1.54) is 22.2 Å². The summed E-state index contributed by atoms with van der Waals surface area (Å²) in [5, 5.41) is 1.27. The Kier molecular flexibility index (Phi) is 5.09. The molecule has 142 valence electrons. The van der Waals surface area contributed by atoms with Crippen LogP contribution in [0.3, 0.4) is 0 Å². The molecule has 1 aliphatic rings. The van der Waals surface area contributed by atoms with E-state index in [1.807, 2.05) is 0 Å². The number of rotatable bonds is 6. The van der Waals surface area contributed by atoms with Crippen LogP contribution >= 0.6 is 0 Å². The number of hydrogen-bond acceptors (Lipinski definition) is 5. The molecule has 2 aromatic heterocycles. The second-order valence-electron chi connectivity index (χ2n) is 7.19. The van der Waals surface area contributed by atoms with Crippen LogP contribution in [0.4, 0.5) is 5.82 Å². The number of aromatic nitrogens is 3. The van der Waals surface area contributed by atoms with Gasteiger partial charge in [0.05, 0.1) is 18.8 Å². The van der Waals surface area contributed by atoms with Crippen molar-refractivity contribution in [3.8, 4) is 0 Å². The molecule has 1 atom stereocenters. The highest BCUT2D eigenvalue weighted by Gasteiger charge is 2.22. The van der Waals surface area contributed by atoms with E-state index in [0.717, 1.165) is 43.5 Å². The maximum absolute atomic E-state index is 5.55. The third-order valence-electron chi connectivity index (χ3n) is 5.26. The van der Waals surface area contributed by atoms with E-state index in [2.05, 4.69) is 54.2 Å². The van der Waals surface area contributed by atoms with Crippen molar-refractivity contribution >= 4 is 16.7 Å². The highest BCUT2D eigenvalue weighted by Crippen LogP contribution is 2.27. The minimum Gasteiger partial charge on any atom is -0.381 e. The van der Waals surface area contributed by atoms with Gasteiger partial charge >= 0.3 is 0 Å². The summed E-state index contributed by atoms with van der Waals surface area (Å²) in [7, 11) is 3.74. The molecule has 1 aliphatic heterocycles. The molecule has 0 amide bonds. The molecule has 1 saturated heterocycles. The molecular formula is C21H26N4O2. The van der Waals surface area contributed by atoms with Crippen molar-refractivity contribution in [3.63, 3.8) is 0 Å². The Balaban J connectivity index is 1.63. The summed E-state index contributed by atoms with van der Waals surface area (Å²) in [5.41, 5.74) is 4.71. The predicted octanol–water partition coefficient (Wildman–Crippen LogP) is 3.55. The lowest BCUT2D eigenvalue weighted by atomic mass is 10.0. The van der Waals surface area contributed by atoms with Crippen molar-refractivity contribution in [1.82, 2.24) is 15.0 Å². The van der Waals surface area contributed by atoms with Crippen LogP contribution in [-0.2, 0) is 22.6 Å². The molecule has 1 N–H and O–H groups in total. The van der Waals surface area contributed by atoms with Gasteiger partial charge in [-0.2, -0.15) is 0 Å². The maximum Gasteiger partial charge on any atom is 0.156 e. The summed E-state index contributed by atoms with van der Waals surface area (Å²) in [6.45, 7) is 4.86. The van der Waals surface area contributed by atoms with Crippen LogP contribution in [0.5, 0.6) is 0 Å². The van der Waals surface area contributed by atoms with Gasteiger partial charge < -0.3 is 19.4 Å². The molecule has 6 heteroatoms. The Bertz CT molecular complexity index is 931. The average Bonchev–Trinajstić information content (AvgIpc) is 3.31. The summed E-state index contributed by atoms with van der Waals surface area (Å²) in [4.78, 5) is 15.1. The van der Waals surface area contributed by atoms with Gasteiger partial charge in [0.25, 0.3) is 0 Å². The third-order valence-corrected chi connectivity index (χ3v) is 5.26. The predicted molar refractivity (Wildman–Crippen MR) is 106 cm³/mol. The number of fused-ring (bicyclic) bond motifs is 1. The van der Waals surface area contributed by atoms with E-state index in [1.54, 1.807) is 7.11 Å². The second-order valence-corrected chi connectivity index (χ2v) is 7.19. The summed E-state index contributed by atoms with van der Waals surface area (Å²) >= 11 is 0. The van der Waals surface area contributed by atoms with E-state index in [0.29, 0.717) is 12.5 Å². The Morgan fingerprint density at radius 3 is 2.89 bits per heavy atom. The average molecular weight is 366 g/mol. The molecule has 1 aromatic carbocycles. The number of hydrogen-bond donors (Lipinski definition) is 1. The SMILES string of the molecule is COCc1nc(C2CCOC2)cc(N(C)Cc2[nH]c3ccccc3c2C)n1. The molecule has 6 nitrogen and oxygen atoms in total. The Morgan fingerprint density at radius 1 is 1.30 bits per heavy atom. The van der Waals surface area contributed by atoms with Gasteiger partial charge in [0.1, 0.15) is 12.4 Å². The van der Waals surface area contributed by atoms with Gasteiger partial charge in [-0.3, -0.25) is 0 Å². The molecule has 0 radical (unpaired) electrons. The van der Waals surface area contributed by atoms with Crippen LogP contribution in [0.25, 0.3) is 10.9 Å². The molecule has 0 spiro atoms. The number of methoxy groups -OCH3 is 1. The molecule has 0 bridgehead atoms. The maximum atomic E-state index is 5.55. The first-order valence-electron chi connectivity index (χ1n) is 9.37. The number of aromatic amines is 1. The molecule has 3 heterocycles. The fraction of sp³-hybridized carbons (Fsp3) is 0.429. The van der Waals surface area contributed by atoms with E-state index in [4.69, 9.17) is 19.4 Å². The number of para-hydroxylation sites is 1. The van der Waals surface area contributed by atoms with Gasteiger partial charge in [-0.05, 0) is 25.0 Å². The van der Waals surface area contributed by atoms with E-state index in [-0.39, 0.29) is 0 Å². The topological polar surface area (TPSA) is 63.3 Å². The second kappa shape index (κ2) is 7.66. The Labute approximate surface area is 159 Å². The first-order chi connectivity index (χ1) is 13.2. The number of nitrogens with zero attached hydrogens (tertiary/aromatic N) is 3. The van der Waals surface area contributed by atoms with Crippen LogP contribution in [-0.4, -0.2) is 42.3 Å². The first kappa shape index (κ1) is 17.9.